The van der Waals surface area contributed by atoms with E-state index in [1.807, 2.05) is 0 Å². The molecule has 3 fully saturated rings. The van der Waals surface area contributed by atoms with Crippen LogP contribution in [0.25, 0.3) is 0 Å². The normalized spacial score (nSPS) is 45.3. The Morgan fingerprint density at radius 2 is 2.06 bits per heavy atom. The summed E-state index contributed by atoms with van der Waals surface area (Å²) in [7, 11) is 0. The van der Waals surface area contributed by atoms with Gasteiger partial charge in [0.2, 0.25) is 5.91 Å². The molecule has 3 nitrogen and oxygen atoms in total. The van der Waals surface area contributed by atoms with Crippen LogP contribution >= 0.6 is 0 Å². The largest absolute Gasteiger partial charge is 0.323 e. The van der Waals surface area contributed by atoms with Gasteiger partial charge in [-0.1, -0.05) is 20.3 Å². The number of fused-ring (bicyclic) bond motifs is 2. The van der Waals surface area contributed by atoms with Crippen LogP contribution in [0.1, 0.15) is 46.5 Å². The Kier molecular flexibility index (Phi) is 2.69. The topological polar surface area (TPSA) is 32.3 Å². The average Bonchev–Trinajstić information content (AvgIpc) is 2.92. The second-order valence-corrected chi connectivity index (χ2v) is 6.55. The lowest BCUT2D eigenvalue weighted by Gasteiger charge is -2.34. The molecule has 1 N–H and O–H groups in total. The summed E-state index contributed by atoms with van der Waals surface area (Å²) < 4.78 is 0. The van der Waals surface area contributed by atoms with Crippen LogP contribution in [-0.2, 0) is 4.79 Å². The maximum Gasteiger partial charge on any atom is 0.241 e. The maximum atomic E-state index is 12.5. The van der Waals surface area contributed by atoms with E-state index in [2.05, 4.69) is 31.0 Å². The van der Waals surface area contributed by atoms with Gasteiger partial charge in [0.05, 0.1) is 12.2 Å². The molecule has 96 valence electrons. The average molecular weight is 236 g/mol. The smallest absolute Gasteiger partial charge is 0.241 e. The molecule has 0 aromatic rings. The Hall–Kier alpha value is -0.570. The Morgan fingerprint density at radius 1 is 1.29 bits per heavy atom. The Morgan fingerprint density at radius 3 is 2.53 bits per heavy atom. The van der Waals surface area contributed by atoms with Gasteiger partial charge >= 0.3 is 0 Å². The minimum absolute atomic E-state index is 0.0455. The number of carbonyl (C=O) groups is 1. The summed E-state index contributed by atoms with van der Waals surface area (Å²) >= 11 is 0. The van der Waals surface area contributed by atoms with Crippen LogP contribution in [-0.4, -0.2) is 29.1 Å². The van der Waals surface area contributed by atoms with Crippen molar-refractivity contribution in [2.24, 2.45) is 17.8 Å². The zero-order chi connectivity index (χ0) is 12.2. The summed E-state index contributed by atoms with van der Waals surface area (Å²) in [6.45, 7) is 6.41. The third-order valence-electron chi connectivity index (χ3n) is 5.08. The van der Waals surface area contributed by atoms with Crippen LogP contribution in [0.3, 0.4) is 0 Å². The summed E-state index contributed by atoms with van der Waals surface area (Å²) in [4.78, 5) is 14.7. The van der Waals surface area contributed by atoms with Crippen LogP contribution in [0.4, 0.5) is 0 Å². The van der Waals surface area contributed by atoms with Crippen molar-refractivity contribution in [3.63, 3.8) is 0 Å². The molecule has 3 aliphatic rings. The molecule has 3 rings (SSSR count). The molecule has 0 spiro atoms. The zero-order valence-electron chi connectivity index (χ0n) is 11.1. The molecule has 3 heteroatoms. The molecular formula is C14H24N2O. The molecule has 1 heterocycles. The molecule has 5 unspecified atom stereocenters. The van der Waals surface area contributed by atoms with E-state index in [1.165, 1.54) is 25.7 Å². The van der Waals surface area contributed by atoms with E-state index in [0.29, 0.717) is 17.9 Å². The molecule has 0 radical (unpaired) electrons. The van der Waals surface area contributed by atoms with Crippen LogP contribution in [0.2, 0.25) is 0 Å². The fraction of sp³-hybridized carbons (Fsp3) is 0.929. The van der Waals surface area contributed by atoms with Crippen molar-refractivity contribution >= 4 is 5.91 Å². The van der Waals surface area contributed by atoms with Crippen molar-refractivity contribution in [3.8, 4) is 0 Å². The monoisotopic (exact) mass is 236 g/mol. The van der Waals surface area contributed by atoms with Crippen LogP contribution < -0.4 is 5.32 Å². The van der Waals surface area contributed by atoms with E-state index in [-0.39, 0.29) is 12.2 Å². The highest BCUT2D eigenvalue weighted by atomic mass is 16.2. The molecule has 0 aromatic heterocycles. The summed E-state index contributed by atoms with van der Waals surface area (Å²) in [6.07, 6.45) is 5.61. The van der Waals surface area contributed by atoms with Crippen molar-refractivity contribution in [2.45, 2.75) is 64.7 Å². The van der Waals surface area contributed by atoms with Crippen molar-refractivity contribution in [1.29, 1.82) is 0 Å². The zero-order valence-corrected chi connectivity index (χ0v) is 11.1. The molecule has 0 aromatic carbocycles. The predicted molar refractivity (Wildman–Crippen MR) is 67.3 cm³/mol. The molecule has 2 aliphatic carbocycles. The number of hydrogen-bond acceptors (Lipinski definition) is 2. The summed E-state index contributed by atoms with van der Waals surface area (Å²) in [5, 5.41) is 3.47. The van der Waals surface area contributed by atoms with E-state index in [9.17, 15) is 4.79 Å². The first-order chi connectivity index (χ1) is 8.08. The Balaban J connectivity index is 1.77. The standard InChI is InChI=1S/C14H24N2O/c1-8(2)13-14(17)16(9(3)15-13)12-7-10-4-5-11(12)6-10/h8-13,15H,4-7H2,1-3H3. The van der Waals surface area contributed by atoms with Gasteiger partial charge < -0.3 is 4.90 Å². The minimum Gasteiger partial charge on any atom is -0.323 e. The quantitative estimate of drug-likeness (QED) is 0.795. The fourth-order valence-electron chi connectivity index (χ4n) is 4.24. The second kappa shape index (κ2) is 3.98. The minimum atomic E-state index is 0.0455. The van der Waals surface area contributed by atoms with Crippen LogP contribution in [0, 0.1) is 17.8 Å². The number of hydrogen-bond donors (Lipinski definition) is 1. The number of nitrogens with one attached hydrogen (secondary N) is 1. The molecule has 5 atom stereocenters. The van der Waals surface area contributed by atoms with Crippen LogP contribution in [0.5, 0.6) is 0 Å². The van der Waals surface area contributed by atoms with Crippen LogP contribution in [0.15, 0.2) is 0 Å². The molecule has 1 amide bonds. The number of carbonyl (C=O) groups excluding carboxylic acids is 1. The summed E-state index contributed by atoms with van der Waals surface area (Å²) in [5.41, 5.74) is 0. The van der Waals surface area contributed by atoms with Gasteiger partial charge in [0.1, 0.15) is 0 Å². The number of nitrogens with zero attached hydrogens (tertiary/aromatic N) is 1. The first kappa shape index (κ1) is 11.5. The van der Waals surface area contributed by atoms with E-state index >= 15 is 0 Å². The van der Waals surface area contributed by atoms with Crippen molar-refractivity contribution in [2.75, 3.05) is 0 Å². The van der Waals surface area contributed by atoms with Gasteiger partial charge in [-0.25, -0.2) is 0 Å². The highest BCUT2D eigenvalue weighted by Crippen LogP contribution is 2.47. The van der Waals surface area contributed by atoms with Gasteiger partial charge in [-0.05, 0) is 43.9 Å². The molecule has 2 bridgehead atoms. The number of rotatable bonds is 2. The first-order valence-electron chi connectivity index (χ1n) is 7.16. The van der Waals surface area contributed by atoms with Gasteiger partial charge in [0.15, 0.2) is 0 Å². The highest BCUT2D eigenvalue weighted by Gasteiger charge is 2.49. The third kappa shape index (κ3) is 1.70. The van der Waals surface area contributed by atoms with Gasteiger partial charge in [0.25, 0.3) is 0 Å². The predicted octanol–water partition coefficient (Wildman–Crippen LogP) is 1.98. The molecule has 2 saturated carbocycles. The first-order valence-corrected chi connectivity index (χ1v) is 7.16. The molecule has 1 aliphatic heterocycles. The fourth-order valence-corrected chi connectivity index (χ4v) is 4.24. The highest BCUT2D eigenvalue weighted by molar-refractivity contribution is 5.85. The van der Waals surface area contributed by atoms with Crippen molar-refractivity contribution < 1.29 is 4.79 Å². The van der Waals surface area contributed by atoms with E-state index in [0.717, 1.165) is 11.8 Å². The van der Waals surface area contributed by atoms with Gasteiger partial charge in [-0.15, -0.1) is 0 Å². The molecular weight excluding hydrogens is 212 g/mol. The number of amides is 1. The van der Waals surface area contributed by atoms with E-state index < -0.39 is 0 Å². The second-order valence-electron chi connectivity index (χ2n) is 6.55. The van der Waals surface area contributed by atoms with Crippen molar-refractivity contribution in [3.05, 3.63) is 0 Å². The SMILES string of the molecule is CC(C)C1NC(C)N(C2CC3CCC2C3)C1=O. The lowest BCUT2D eigenvalue weighted by molar-refractivity contribution is -0.133. The lowest BCUT2D eigenvalue weighted by Crippen LogP contribution is -2.45. The summed E-state index contributed by atoms with van der Waals surface area (Å²) in [5.74, 6) is 2.45. The Bertz CT molecular complexity index is 328. The summed E-state index contributed by atoms with van der Waals surface area (Å²) in [6, 6.07) is 0.580. The lowest BCUT2D eigenvalue weighted by atomic mass is 9.93. The van der Waals surface area contributed by atoms with Crippen molar-refractivity contribution in [1.82, 2.24) is 10.2 Å². The van der Waals surface area contributed by atoms with E-state index in [4.69, 9.17) is 0 Å². The van der Waals surface area contributed by atoms with Gasteiger partial charge in [0, 0.05) is 6.04 Å². The third-order valence-corrected chi connectivity index (χ3v) is 5.08. The van der Waals surface area contributed by atoms with E-state index in [1.54, 1.807) is 0 Å². The molecule has 1 saturated heterocycles. The van der Waals surface area contributed by atoms with Gasteiger partial charge in [-0.3, -0.25) is 10.1 Å². The molecule has 17 heavy (non-hydrogen) atoms. The maximum absolute atomic E-state index is 12.5. The Labute approximate surface area is 104 Å². The van der Waals surface area contributed by atoms with Gasteiger partial charge in [-0.2, -0.15) is 0 Å².